The fourth-order valence-electron chi connectivity index (χ4n) is 2.04. The van der Waals surface area contributed by atoms with E-state index in [1.165, 1.54) is 0 Å². The van der Waals surface area contributed by atoms with Crippen LogP contribution in [0.15, 0.2) is 48.8 Å². The molecule has 0 N–H and O–H groups in total. The van der Waals surface area contributed by atoms with Crippen molar-refractivity contribution in [3.8, 4) is 11.1 Å². The van der Waals surface area contributed by atoms with E-state index in [1.807, 2.05) is 44.2 Å². The fraction of sp³-hybridized carbons (Fsp3) is 0.250. The zero-order valence-corrected chi connectivity index (χ0v) is 12.3. The second-order valence-electron chi connectivity index (χ2n) is 4.91. The van der Waals surface area contributed by atoms with Crippen molar-refractivity contribution in [1.82, 2.24) is 9.88 Å². The average molecular weight is 289 g/mol. The van der Waals surface area contributed by atoms with E-state index in [2.05, 4.69) is 11.1 Å². The predicted molar refractivity (Wildman–Crippen MR) is 81.6 cm³/mol. The Hall–Kier alpha value is -1.87. The molecule has 0 unspecified atom stereocenters. The maximum atomic E-state index is 11.4. The average Bonchev–Trinajstić information content (AvgIpc) is 2.45. The second-order valence-corrected chi connectivity index (χ2v) is 5.23. The Kier molecular flexibility index (Phi) is 4.74. The van der Waals surface area contributed by atoms with Gasteiger partial charge in [0.25, 0.3) is 0 Å². The first-order valence-corrected chi connectivity index (χ1v) is 6.91. The Bertz CT molecular complexity index is 584. The summed E-state index contributed by atoms with van der Waals surface area (Å²) in [7, 11) is 0. The van der Waals surface area contributed by atoms with Gasteiger partial charge in [0, 0.05) is 25.0 Å². The molecule has 0 aliphatic heterocycles. The standard InChI is InChI=1S/C16H17ClN2O/c1-12(2)19(16(17)20)11-13-4-3-5-15(10-13)14-6-8-18-9-7-14/h3-10,12H,11H2,1-2H3. The van der Waals surface area contributed by atoms with Gasteiger partial charge in [-0.1, -0.05) is 18.2 Å². The lowest BCUT2D eigenvalue weighted by Crippen LogP contribution is -2.32. The number of benzene rings is 1. The van der Waals surface area contributed by atoms with Crippen LogP contribution in [0, 0.1) is 0 Å². The van der Waals surface area contributed by atoms with Gasteiger partial charge in [-0.15, -0.1) is 0 Å². The molecule has 1 amide bonds. The number of nitrogens with zero attached hydrogens (tertiary/aromatic N) is 2. The van der Waals surface area contributed by atoms with Gasteiger partial charge in [0.1, 0.15) is 0 Å². The van der Waals surface area contributed by atoms with E-state index in [1.54, 1.807) is 17.3 Å². The van der Waals surface area contributed by atoms with E-state index in [4.69, 9.17) is 11.6 Å². The first kappa shape index (κ1) is 14.5. The third kappa shape index (κ3) is 3.58. The summed E-state index contributed by atoms with van der Waals surface area (Å²) in [4.78, 5) is 17.1. The number of carbonyl (C=O) groups excluding carboxylic acids is 1. The van der Waals surface area contributed by atoms with Crippen LogP contribution < -0.4 is 0 Å². The van der Waals surface area contributed by atoms with E-state index in [0.717, 1.165) is 16.7 Å². The highest BCUT2D eigenvalue weighted by atomic mass is 35.5. The number of hydrogen-bond acceptors (Lipinski definition) is 2. The first-order valence-electron chi connectivity index (χ1n) is 6.53. The van der Waals surface area contributed by atoms with E-state index in [9.17, 15) is 4.79 Å². The van der Waals surface area contributed by atoms with Crippen molar-refractivity contribution in [2.24, 2.45) is 0 Å². The topological polar surface area (TPSA) is 33.2 Å². The Morgan fingerprint density at radius 2 is 1.90 bits per heavy atom. The normalized spacial score (nSPS) is 10.6. The smallest absolute Gasteiger partial charge is 0.316 e. The molecule has 0 saturated carbocycles. The summed E-state index contributed by atoms with van der Waals surface area (Å²) in [5, 5.41) is -0.422. The minimum absolute atomic E-state index is 0.0737. The minimum Gasteiger partial charge on any atom is -0.322 e. The zero-order chi connectivity index (χ0) is 14.5. The summed E-state index contributed by atoms with van der Waals surface area (Å²) >= 11 is 5.62. The summed E-state index contributed by atoms with van der Waals surface area (Å²) in [6.45, 7) is 4.42. The van der Waals surface area contributed by atoms with Crippen molar-refractivity contribution in [3.63, 3.8) is 0 Å². The van der Waals surface area contributed by atoms with Gasteiger partial charge in [-0.05, 0) is 60.3 Å². The lowest BCUT2D eigenvalue weighted by molar-refractivity contribution is 0.204. The van der Waals surface area contributed by atoms with Crippen LogP contribution in [0.2, 0.25) is 0 Å². The Morgan fingerprint density at radius 3 is 2.50 bits per heavy atom. The highest BCUT2D eigenvalue weighted by Crippen LogP contribution is 2.21. The van der Waals surface area contributed by atoms with E-state index < -0.39 is 5.37 Å². The predicted octanol–water partition coefficient (Wildman–Crippen LogP) is 4.32. The first-order chi connectivity index (χ1) is 9.58. The second kappa shape index (κ2) is 6.53. The van der Waals surface area contributed by atoms with Gasteiger partial charge in [0.2, 0.25) is 0 Å². The van der Waals surface area contributed by atoms with E-state index >= 15 is 0 Å². The lowest BCUT2D eigenvalue weighted by Gasteiger charge is -2.24. The van der Waals surface area contributed by atoms with Crippen LogP contribution in [0.4, 0.5) is 4.79 Å². The van der Waals surface area contributed by atoms with E-state index in [-0.39, 0.29) is 6.04 Å². The van der Waals surface area contributed by atoms with Crippen LogP contribution in [-0.2, 0) is 6.54 Å². The molecule has 0 atom stereocenters. The molecule has 1 heterocycles. The third-order valence-electron chi connectivity index (χ3n) is 3.14. The molecule has 0 radical (unpaired) electrons. The molecule has 1 aromatic heterocycles. The van der Waals surface area contributed by atoms with Gasteiger partial charge in [-0.2, -0.15) is 0 Å². The van der Waals surface area contributed by atoms with Crippen molar-refractivity contribution in [3.05, 3.63) is 54.4 Å². The van der Waals surface area contributed by atoms with Crippen molar-refractivity contribution in [2.45, 2.75) is 26.4 Å². The number of carbonyl (C=O) groups is 1. The molecule has 1 aromatic carbocycles. The summed E-state index contributed by atoms with van der Waals surface area (Å²) < 4.78 is 0. The largest absolute Gasteiger partial charge is 0.322 e. The number of rotatable bonds is 4. The maximum absolute atomic E-state index is 11.4. The van der Waals surface area contributed by atoms with Crippen LogP contribution in [0.1, 0.15) is 19.4 Å². The van der Waals surface area contributed by atoms with Gasteiger partial charge in [-0.25, -0.2) is 0 Å². The van der Waals surface area contributed by atoms with Crippen LogP contribution in [-0.4, -0.2) is 21.3 Å². The molecule has 0 bridgehead atoms. The third-order valence-corrected chi connectivity index (χ3v) is 3.36. The molecule has 3 nitrogen and oxygen atoms in total. The molecule has 0 saturated heterocycles. The van der Waals surface area contributed by atoms with Crippen molar-refractivity contribution < 1.29 is 4.79 Å². The van der Waals surface area contributed by atoms with Crippen molar-refractivity contribution in [2.75, 3.05) is 0 Å². The Morgan fingerprint density at radius 1 is 1.20 bits per heavy atom. The molecule has 0 aliphatic carbocycles. The molecular formula is C16H17ClN2O. The highest BCUT2D eigenvalue weighted by molar-refractivity contribution is 6.62. The number of hydrogen-bond donors (Lipinski definition) is 0. The Labute approximate surface area is 124 Å². The highest BCUT2D eigenvalue weighted by Gasteiger charge is 2.15. The summed E-state index contributed by atoms with van der Waals surface area (Å²) in [5.74, 6) is 0. The van der Waals surface area contributed by atoms with Crippen molar-refractivity contribution >= 4 is 17.0 Å². The van der Waals surface area contributed by atoms with Crippen LogP contribution >= 0.6 is 11.6 Å². The maximum Gasteiger partial charge on any atom is 0.316 e. The van der Waals surface area contributed by atoms with E-state index in [0.29, 0.717) is 6.54 Å². The zero-order valence-electron chi connectivity index (χ0n) is 11.6. The monoisotopic (exact) mass is 288 g/mol. The van der Waals surface area contributed by atoms with Gasteiger partial charge < -0.3 is 4.90 Å². The molecule has 0 fully saturated rings. The Balaban J connectivity index is 2.24. The molecule has 2 rings (SSSR count). The summed E-state index contributed by atoms with van der Waals surface area (Å²) in [6.07, 6.45) is 3.54. The van der Waals surface area contributed by atoms with Gasteiger partial charge in [0.15, 0.2) is 0 Å². The van der Waals surface area contributed by atoms with Gasteiger partial charge >= 0.3 is 5.37 Å². The van der Waals surface area contributed by atoms with Gasteiger partial charge in [0.05, 0.1) is 0 Å². The molecule has 2 aromatic rings. The van der Waals surface area contributed by atoms with Crippen molar-refractivity contribution in [1.29, 1.82) is 0 Å². The number of amides is 1. The van der Waals surface area contributed by atoms with Gasteiger partial charge in [-0.3, -0.25) is 9.78 Å². The molecule has 0 spiro atoms. The summed E-state index contributed by atoms with van der Waals surface area (Å²) in [6, 6.07) is 12.1. The van der Waals surface area contributed by atoms with Crippen LogP contribution in [0.25, 0.3) is 11.1 Å². The summed E-state index contributed by atoms with van der Waals surface area (Å²) in [5.41, 5.74) is 3.27. The van der Waals surface area contributed by atoms with Crippen LogP contribution in [0.5, 0.6) is 0 Å². The molecular weight excluding hydrogens is 272 g/mol. The molecule has 4 heteroatoms. The fourth-order valence-corrected chi connectivity index (χ4v) is 2.29. The van der Waals surface area contributed by atoms with Crippen LogP contribution in [0.3, 0.4) is 0 Å². The molecule has 104 valence electrons. The number of halogens is 1. The number of aromatic nitrogens is 1. The molecule has 20 heavy (non-hydrogen) atoms. The SMILES string of the molecule is CC(C)N(Cc1cccc(-c2ccncc2)c1)C(=O)Cl. The number of pyridine rings is 1. The minimum atomic E-state index is -0.422. The molecule has 0 aliphatic rings. The quantitative estimate of drug-likeness (QED) is 0.620. The lowest BCUT2D eigenvalue weighted by atomic mass is 10.0.